The van der Waals surface area contributed by atoms with Crippen LogP contribution < -0.4 is 5.32 Å². The van der Waals surface area contributed by atoms with Crippen LogP contribution in [-0.4, -0.2) is 29.1 Å². The van der Waals surface area contributed by atoms with Gasteiger partial charge in [-0.15, -0.1) is 0 Å². The van der Waals surface area contributed by atoms with Crippen molar-refractivity contribution in [2.75, 3.05) is 7.11 Å². The molecule has 2 rings (SSSR count). The number of H-pyrrole nitrogens is 1. The van der Waals surface area contributed by atoms with Gasteiger partial charge >= 0.3 is 5.97 Å². The van der Waals surface area contributed by atoms with Crippen LogP contribution in [0.2, 0.25) is 0 Å². The number of hydrogen-bond acceptors (Lipinski definition) is 4. The molecular weight excluding hydrogens is 206 g/mol. The molecule has 0 aromatic carbocycles. The summed E-state index contributed by atoms with van der Waals surface area (Å²) in [5.41, 5.74) is 1.01. The largest absolute Gasteiger partial charge is 0.467 e. The molecule has 0 radical (unpaired) electrons. The fraction of sp³-hybridized carbons (Fsp3) is 0.636. The molecule has 0 aliphatic carbocycles. The van der Waals surface area contributed by atoms with Gasteiger partial charge in [-0.2, -0.15) is 0 Å². The second-order valence-electron chi connectivity index (χ2n) is 4.23. The molecule has 0 saturated carbocycles. The number of methoxy groups -OCH3 is 1. The lowest BCUT2D eigenvalue weighted by Crippen LogP contribution is -2.56. The zero-order valence-corrected chi connectivity index (χ0v) is 9.83. The Morgan fingerprint density at radius 2 is 2.50 bits per heavy atom. The summed E-state index contributed by atoms with van der Waals surface area (Å²) in [5.74, 6) is -0.269. The maximum atomic E-state index is 12.0. The molecular formula is C11H17N3O2. The van der Waals surface area contributed by atoms with E-state index in [1.54, 1.807) is 6.33 Å². The number of ether oxygens (including phenoxy) is 1. The summed E-state index contributed by atoms with van der Waals surface area (Å²) in [6.45, 7) is 4.01. The minimum absolute atomic E-state index is 0.229. The number of esters is 1. The van der Waals surface area contributed by atoms with Crippen molar-refractivity contribution < 1.29 is 9.53 Å². The second-order valence-corrected chi connectivity index (χ2v) is 4.23. The van der Waals surface area contributed by atoms with E-state index in [1.807, 2.05) is 6.92 Å². The van der Waals surface area contributed by atoms with Crippen LogP contribution in [0.1, 0.15) is 31.7 Å². The normalized spacial score (nSPS) is 28.6. The number of rotatable bonds is 2. The average Bonchev–Trinajstić information content (AvgIpc) is 2.74. The Morgan fingerprint density at radius 1 is 1.75 bits per heavy atom. The minimum atomic E-state index is -0.790. The maximum Gasteiger partial charge on any atom is 0.332 e. The van der Waals surface area contributed by atoms with Crippen molar-refractivity contribution in [3.05, 3.63) is 17.7 Å². The van der Waals surface area contributed by atoms with E-state index < -0.39 is 5.54 Å². The highest BCUT2D eigenvalue weighted by atomic mass is 16.5. The van der Waals surface area contributed by atoms with Gasteiger partial charge in [-0.05, 0) is 13.3 Å². The lowest BCUT2D eigenvalue weighted by atomic mass is 9.84. The first kappa shape index (κ1) is 11.1. The van der Waals surface area contributed by atoms with Crippen LogP contribution in [-0.2, 0) is 21.5 Å². The quantitative estimate of drug-likeness (QED) is 0.725. The zero-order valence-electron chi connectivity index (χ0n) is 9.83. The molecule has 0 amide bonds. The predicted molar refractivity (Wildman–Crippen MR) is 58.9 cm³/mol. The Hall–Kier alpha value is -1.36. The van der Waals surface area contributed by atoms with Gasteiger partial charge in [0.1, 0.15) is 0 Å². The van der Waals surface area contributed by atoms with Crippen LogP contribution in [0.15, 0.2) is 6.33 Å². The highest BCUT2D eigenvalue weighted by Gasteiger charge is 2.46. The smallest absolute Gasteiger partial charge is 0.332 e. The van der Waals surface area contributed by atoms with Crippen molar-refractivity contribution >= 4 is 5.97 Å². The third kappa shape index (κ3) is 1.43. The van der Waals surface area contributed by atoms with Gasteiger partial charge in [-0.1, -0.05) is 6.92 Å². The van der Waals surface area contributed by atoms with Crippen LogP contribution >= 0.6 is 0 Å². The first-order valence-electron chi connectivity index (χ1n) is 5.53. The second kappa shape index (κ2) is 3.90. The molecule has 88 valence electrons. The van der Waals surface area contributed by atoms with E-state index in [-0.39, 0.29) is 12.0 Å². The molecule has 0 bridgehead atoms. The zero-order chi connectivity index (χ0) is 11.8. The van der Waals surface area contributed by atoms with Crippen molar-refractivity contribution in [2.24, 2.45) is 0 Å². The Kier molecular flexibility index (Phi) is 2.71. The minimum Gasteiger partial charge on any atom is -0.467 e. The number of carbonyl (C=O) groups is 1. The van der Waals surface area contributed by atoms with Gasteiger partial charge in [0.15, 0.2) is 5.54 Å². The van der Waals surface area contributed by atoms with Gasteiger partial charge in [0.05, 0.1) is 19.1 Å². The summed E-state index contributed by atoms with van der Waals surface area (Å²) in [5, 5.41) is 3.32. The van der Waals surface area contributed by atoms with Gasteiger partial charge in [0.25, 0.3) is 0 Å². The lowest BCUT2D eigenvalue weighted by Gasteiger charge is -2.37. The number of aromatic amines is 1. The third-order valence-electron chi connectivity index (χ3n) is 3.19. The Balaban J connectivity index is 2.51. The number of nitrogens with zero attached hydrogens (tertiary/aromatic N) is 1. The molecule has 2 N–H and O–H groups in total. The van der Waals surface area contributed by atoms with Gasteiger partial charge in [0, 0.05) is 18.2 Å². The summed E-state index contributed by atoms with van der Waals surface area (Å²) < 4.78 is 4.90. The van der Waals surface area contributed by atoms with Gasteiger partial charge in [-0.25, -0.2) is 9.78 Å². The molecule has 0 spiro atoms. The Labute approximate surface area is 94.6 Å². The van der Waals surface area contributed by atoms with Crippen molar-refractivity contribution in [3.63, 3.8) is 0 Å². The topological polar surface area (TPSA) is 67.0 Å². The van der Waals surface area contributed by atoms with Crippen molar-refractivity contribution in [1.82, 2.24) is 15.3 Å². The van der Waals surface area contributed by atoms with E-state index in [1.165, 1.54) is 7.11 Å². The van der Waals surface area contributed by atoms with E-state index in [2.05, 4.69) is 22.2 Å². The van der Waals surface area contributed by atoms with Crippen molar-refractivity contribution in [1.29, 1.82) is 0 Å². The molecule has 1 aliphatic heterocycles. The highest BCUT2D eigenvalue weighted by molar-refractivity contribution is 5.82. The van der Waals surface area contributed by atoms with Crippen molar-refractivity contribution in [3.8, 4) is 0 Å². The SMILES string of the molecule is CCC1(C(=O)OC)NC(C)Cc2[nH]cnc21. The highest BCUT2D eigenvalue weighted by Crippen LogP contribution is 2.32. The van der Waals surface area contributed by atoms with E-state index in [4.69, 9.17) is 4.74 Å². The standard InChI is InChI=1S/C11H17N3O2/c1-4-11(10(15)16-3)9-8(12-6-13-9)5-7(2)14-11/h6-7,14H,4-5H2,1-3H3,(H,12,13). The van der Waals surface area contributed by atoms with Crippen LogP contribution in [0.5, 0.6) is 0 Å². The molecule has 2 unspecified atom stereocenters. The summed E-state index contributed by atoms with van der Waals surface area (Å²) >= 11 is 0. The van der Waals surface area contributed by atoms with Crippen LogP contribution in [0, 0.1) is 0 Å². The number of imidazole rings is 1. The monoisotopic (exact) mass is 223 g/mol. The number of carbonyl (C=O) groups excluding carboxylic acids is 1. The van der Waals surface area contributed by atoms with E-state index in [0.29, 0.717) is 6.42 Å². The molecule has 1 aromatic heterocycles. The first-order valence-corrected chi connectivity index (χ1v) is 5.53. The first-order chi connectivity index (χ1) is 7.64. The molecule has 0 fully saturated rings. The summed E-state index contributed by atoms with van der Waals surface area (Å²) in [7, 11) is 1.41. The molecule has 2 atom stereocenters. The number of nitrogens with one attached hydrogen (secondary N) is 2. The molecule has 1 aromatic rings. The van der Waals surface area contributed by atoms with Crippen LogP contribution in [0.25, 0.3) is 0 Å². The van der Waals surface area contributed by atoms with E-state index in [0.717, 1.165) is 17.8 Å². The number of aromatic nitrogens is 2. The van der Waals surface area contributed by atoms with Crippen molar-refractivity contribution in [2.45, 2.75) is 38.3 Å². The molecule has 2 heterocycles. The fourth-order valence-electron chi connectivity index (χ4n) is 2.43. The van der Waals surface area contributed by atoms with E-state index >= 15 is 0 Å². The maximum absolute atomic E-state index is 12.0. The lowest BCUT2D eigenvalue weighted by molar-refractivity contribution is -0.150. The number of hydrogen-bond donors (Lipinski definition) is 2. The van der Waals surface area contributed by atoms with Gasteiger partial charge in [-0.3, -0.25) is 5.32 Å². The van der Waals surface area contributed by atoms with Crippen LogP contribution in [0.4, 0.5) is 0 Å². The summed E-state index contributed by atoms with van der Waals surface area (Å²) in [6, 6.07) is 0.229. The molecule has 5 heteroatoms. The molecule has 16 heavy (non-hydrogen) atoms. The van der Waals surface area contributed by atoms with E-state index in [9.17, 15) is 4.79 Å². The molecule has 1 aliphatic rings. The van der Waals surface area contributed by atoms with Crippen LogP contribution in [0.3, 0.4) is 0 Å². The number of fused-ring (bicyclic) bond motifs is 1. The fourth-order valence-corrected chi connectivity index (χ4v) is 2.43. The molecule has 5 nitrogen and oxygen atoms in total. The van der Waals surface area contributed by atoms with Gasteiger partial charge in [0.2, 0.25) is 0 Å². The van der Waals surface area contributed by atoms with Gasteiger partial charge < -0.3 is 9.72 Å². The third-order valence-corrected chi connectivity index (χ3v) is 3.19. The molecule has 0 saturated heterocycles. The predicted octanol–water partition coefficient (Wildman–Crippen LogP) is 0.722. The summed E-state index contributed by atoms with van der Waals surface area (Å²) in [4.78, 5) is 19.4. The average molecular weight is 223 g/mol. The summed E-state index contributed by atoms with van der Waals surface area (Å²) in [6.07, 6.45) is 3.12. The Bertz CT molecular complexity index is 402. The Morgan fingerprint density at radius 3 is 3.12 bits per heavy atom.